The van der Waals surface area contributed by atoms with Crippen LogP contribution in [0.5, 0.6) is 0 Å². The molecule has 4 aliphatic rings. The van der Waals surface area contributed by atoms with Crippen LogP contribution in [-0.4, -0.2) is 65.6 Å². The van der Waals surface area contributed by atoms with Crippen LogP contribution in [0.25, 0.3) is 0 Å². The van der Waals surface area contributed by atoms with E-state index in [0.717, 1.165) is 0 Å². The van der Waals surface area contributed by atoms with E-state index in [2.05, 4.69) is 0 Å². The molecule has 1 N–H and O–H groups in total. The number of Topliss-reactive ketones (excluding diaryl/α,β-unsaturated/α-hetero) is 1. The van der Waals surface area contributed by atoms with E-state index < -0.39 is 53.5 Å². The first kappa shape index (κ1) is 27.0. The van der Waals surface area contributed by atoms with Crippen LogP contribution in [0, 0.1) is 29.1 Å². The third-order valence-corrected chi connectivity index (χ3v) is 9.52. The molecule has 8 nitrogen and oxygen atoms in total. The molecule has 3 fully saturated rings. The zero-order chi connectivity index (χ0) is 27.8. The van der Waals surface area contributed by atoms with Crippen LogP contribution in [-0.2, 0) is 28.5 Å². The van der Waals surface area contributed by atoms with Crippen LogP contribution in [0.1, 0.15) is 58.3 Å². The van der Waals surface area contributed by atoms with Crippen molar-refractivity contribution in [3.8, 4) is 0 Å². The van der Waals surface area contributed by atoms with Crippen LogP contribution in [0.15, 0.2) is 42.0 Å². The van der Waals surface area contributed by atoms with E-state index in [-0.39, 0.29) is 29.0 Å². The van der Waals surface area contributed by atoms with Crippen LogP contribution in [0.4, 0.5) is 0 Å². The van der Waals surface area contributed by atoms with Crippen LogP contribution in [0.3, 0.4) is 0 Å². The Bertz CT molecular complexity index is 1170. The van der Waals surface area contributed by atoms with E-state index in [1.807, 2.05) is 39.8 Å². The van der Waals surface area contributed by atoms with E-state index in [1.54, 1.807) is 38.3 Å². The molecule has 0 unspecified atom stereocenters. The molecule has 0 radical (unpaired) electrons. The van der Waals surface area contributed by atoms with Crippen LogP contribution < -0.4 is 0 Å². The topological polar surface area (TPSA) is 112 Å². The first-order chi connectivity index (χ1) is 17.8. The molecular formula is C30H38O8. The van der Waals surface area contributed by atoms with Crippen molar-refractivity contribution in [3.05, 3.63) is 47.5 Å². The molecular weight excluding hydrogens is 488 g/mol. The lowest BCUT2D eigenvalue weighted by atomic mass is 9.80. The van der Waals surface area contributed by atoms with Gasteiger partial charge in [-0.05, 0) is 54.4 Å². The van der Waals surface area contributed by atoms with E-state index >= 15 is 0 Å². The number of aliphatic hydroxyl groups is 1. The first-order valence-electron chi connectivity index (χ1n) is 13.4. The summed E-state index contributed by atoms with van der Waals surface area (Å²) in [5.74, 6) is -2.42. The minimum atomic E-state index is -1.22. The summed E-state index contributed by atoms with van der Waals surface area (Å²) in [7, 11) is 1.57. The van der Waals surface area contributed by atoms with E-state index in [4.69, 9.17) is 18.9 Å². The molecule has 3 aliphatic carbocycles. The summed E-state index contributed by atoms with van der Waals surface area (Å²) in [4.78, 5) is 39.3. The van der Waals surface area contributed by atoms with Gasteiger partial charge in [0.25, 0.3) is 0 Å². The number of carbonyl (C=O) groups is 3. The number of carbonyl (C=O) groups excluding carboxylic acids is 3. The second-order valence-electron chi connectivity index (χ2n) is 12.2. The van der Waals surface area contributed by atoms with Crippen molar-refractivity contribution >= 4 is 17.7 Å². The largest absolute Gasteiger partial charge is 0.459 e. The lowest BCUT2D eigenvalue weighted by molar-refractivity contribution is -0.151. The molecule has 2 saturated carbocycles. The van der Waals surface area contributed by atoms with Gasteiger partial charge in [0.05, 0.1) is 11.7 Å². The van der Waals surface area contributed by atoms with Gasteiger partial charge >= 0.3 is 11.9 Å². The first-order valence-corrected chi connectivity index (χ1v) is 13.4. The number of aliphatic hydroxyl groups excluding tert-OH is 1. The third kappa shape index (κ3) is 3.79. The molecule has 1 aromatic rings. The summed E-state index contributed by atoms with van der Waals surface area (Å²) >= 11 is 0. The van der Waals surface area contributed by atoms with E-state index in [0.29, 0.717) is 17.6 Å². The number of epoxide rings is 1. The summed E-state index contributed by atoms with van der Waals surface area (Å²) in [5, 5.41) is 11.5. The highest BCUT2D eigenvalue weighted by Gasteiger charge is 2.83. The molecule has 206 valence electrons. The number of hydrogen-bond donors (Lipinski definition) is 1. The fraction of sp³-hybridized carbons (Fsp3) is 0.633. The fourth-order valence-corrected chi connectivity index (χ4v) is 7.58. The highest BCUT2D eigenvalue weighted by molar-refractivity contribution is 5.96. The number of ketones is 1. The van der Waals surface area contributed by atoms with Gasteiger partial charge in [-0.3, -0.25) is 9.59 Å². The standard InChI is InChI=1S/C30H38O8/c1-15-13-30-26(36-18(4)31)16(2)14-29(30,38-30)25(33)17(3)22(32)20-21(28(20,5)6)24(35-7)23(15)37-27(34)19-11-9-8-10-12-19/h8-13,16-17,20-24,26,32H,14H2,1-7H3/b15-13+/t16-,17+,20-,21+,22-,23+,24+,26-,29-,30-/m0/s1. The summed E-state index contributed by atoms with van der Waals surface area (Å²) in [6.45, 7) is 10.9. The fourth-order valence-electron chi connectivity index (χ4n) is 7.58. The highest BCUT2D eigenvalue weighted by Crippen LogP contribution is 2.68. The molecule has 0 amide bonds. The van der Waals surface area contributed by atoms with Crippen molar-refractivity contribution in [2.45, 2.75) is 83.6 Å². The van der Waals surface area contributed by atoms with Crippen LogP contribution in [0.2, 0.25) is 0 Å². The Morgan fingerprint density at radius 3 is 2.34 bits per heavy atom. The molecule has 8 heteroatoms. The molecule has 1 heterocycles. The molecule has 5 rings (SSSR count). The predicted octanol–water partition coefficient (Wildman–Crippen LogP) is 3.50. The summed E-state index contributed by atoms with van der Waals surface area (Å²) in [6, 6.07) is 8.73. The molecule has 1 saturated heterocycles. The number of fused-ring (bicyclic) bond motifs is 1. The molecule has 0 aromatic heterocycles. The molecule has 1 aromatic carbocycles. The van der Waals surface area contributed by atoms with Gasteiger partial charge in [-0.1, -0.05) is 45.9 Å². The van der Waals surface area contributed by atoms with Gasteiger partial charge in [-0.2, -0.15) is 0 Å². The van der Waals surface area contributed by atoms with E-state index in [9.17, 15) is 19.5 Å². The van der Waals surface area contributed by atoms with Gasteiger partial charge in [-0.25, -0.2) is 4.79 Å². The van der Waals surface area contributed by atoms with Crippen molar-refractivity contribution in [1.82, 2.24) is 0 Å². The summed E-state index contributed by atoms with van der Waals surface area (Å²) in [5.41, 5.74) is -1.72. The molecule has 10 atom stereocenters. The predicted molar refractivity (Wildman–Crippen MR) is 137 cm³/mol. The molecule has 38 heavy (non-hydrogen) atoms. The average molecular weight is 527 g/mol. The Morgan fingerprint density at radius 1 is 1.08 bits per heavy atom. The molecule has 1 aliphatic heterocycles. The number of rotatable bonds is 4. The van der Waals surface area contributed by atoms with Gasteiger partial charge in [0.2, 0.25) is 0 Å². The highest BCUT2D eigenvalue weighted by atomic mass is 16.7. The third-order valence-electron chi connectivity index (χ3n) is 9.52. The van der Waals surface area contributed by atoms with Gasteiger partial charge in [0.15, 0.2) is 17.0 Å². The van der Waals surface area contributed by atoms with E-state index in [1.165, 1.54) is 6.92 Å². The minimum Gasteiger partial charge on any atom is -0.459 e. The van der Waals surface area contributed by atoms with Crippen molar-refractivity contribution in [1.29, 1.82) is 0 Å². The number of benzene rings is 1. The van der Waals surface area contributed by atoms with Crippen molar-refractivity contribution < 1.29 is 38.4 Å². The second kappa shape index (κ2) is 9.00. The number of ether oxygens (including phenoxy) is 4. The Kier molecular flexibility index (Phi) is 6.40. The Balaban J connectivity index is 1.64. The zero-order valence-corrected chi connectivity index (χ0v) is 23.1. The lowest BCUT2D eigenvalue weighted by Crippen LogP contribution is -2.42. The van der Waals surface area contributed by atoms with Gasteiger partial charge < -0.3 is 24.1 Å². The number of hydrogen-bond acceptors (Lipinski definition) is 8. The Morgan fingerprint density at radius 2 is 1.74 bits per heavy atom. The number of esters is 2. The maximum absolute atomic E-state index is 14.0. The quantitative estimate of drug-likeness (QED) is 0.361. The minimum absolute atomic E-state index is 0.151. The zero-order valence-electron chi connectivity index (χ0n) is 23.1. The van der Waals surface area contributed by atoms with Crippen molar-refractivity contribution in [3.63, 3.8) is 0 Å². The van der Waals surface area contributed by atoms with Crippen molar-refractivity contribution in [2.24, 2.45) is 29.1 Å². The van der Waals surface area contributed by atoms with Gasteiger partial charge in [0, 0.05) is 25.9 Å². The number of methoxy groups -OCH3 is 1. The summed E-state index contributed by atoms with van der Waals surface area (Å²) < 4.78 is 24.2. The van der Waals surface area contributed by atoms with Crippen molar-refractivity contribution in [2.75, 3.05) is 7.11 Å². The van der Waals surface area contributed by atoms with Gasteiger partial charge in [0.1, 0.15) is 18.3 Å². The molecule has 0 spiro atoms. The lowest BCUT2D eigenvalue weighted by Gasteiger charge is -2.30. The SMILES string of the molecule is CO[C@@H]1[C@H]2[C@@H]([C@@H](O)[C@@H](C)C(=O)[C@@]34C[C@H](C)[C@H](OC(C)=O)[C@]3(/C=C(\C)[C@H]1OC(=O)c1ccccc1)O4)C2(C)C. The van der Waals surface area contributed by atoms with Gasteiger partial charge in [-0.15, -0.1) is 0 Å². The Hall–Kier alpha value is -2.55. The smallest absolute Gasteiger partial charge is 0.338 e. The second-order valence-corrected chi connectivity index (χ2v) is 12.2. The summed E-state index contributed by atoms with van der Waals surface area (Å²) in [6.07, 6.45) is -0.854. The normalized spacial score (nSPS) is 44.3. The maximum Gasteiger partial charge on any atom is 0.338 e. The molecule has 0 bridgehead atoms. The van der Waals surface area contributed by atoms with Crippen LogP contribution >= 0.6 is 0 Å². The Labute approximate surface area is 223 Å². The maximum atomic E-state index is 14.0. The average Bonchev–Trinajstić information content (AvgIpc) is 3.66. The monoisotopic (exact) mass is 526 g/mol.